The van der Waals surface area contributed by atoms with E-state index in [9.17, 15) is 4.79 Å². The second-order valence-corrected chi connectivity index (χ2v) is 4.18. The second-order valence-electron chi connectivity index (χ2n) is 3.13. The Balaban J connectivity index is 0.00000137. The highest BCUT2D eigenvalue weighted by atomic mass is 32.1. The molecule has 1 aromatic rings. The predicted octanol–water partition coefficient (Wildman–Crippen LogP) is 2.30. The smallest absolute Gasteiger partial charge is 0.350 e. The Bertz CT molecular complexity index is 515. The van der Waals surface area contributed by atoms with Gasteiger partial charge in [-0.1, -0.05) is 39.5 Å². The van der Waals surface area contributed by atoms with Crippen LogP contribution in [0.1, 0.15) is 36.9 Å². The highest BCUT2D eigenvalue weighted by molar-refractivity contribution is 7.12. The van der Waals surface area contributed by atoms with Crippen LogP contribution in [0.15, 0.2) is 12.7 Å². The summed E-state index contributed by atoms with van der Waals surface area (Å²) in [5.41, 5.74) is 6.41. The molecule has 0 spiro atoms. The monoisotopic (exact) mass is 267 g/mol. The standard InChI is InChI=1S/C12H15NO2S.C2H6/c1-4-6-8-9(7-5-2)16-11(10(8)13)12(14)15-3;1-2/h5-7H,2,4,13H2,1,3H3;1-2H3/b8-6+,9-7+;. The second kappa shape index (κ2) is 8.53. The van der Waals surface area contributed by atoms with Gasteiger partial charge in [-0.2, -0.15) is 0 Å². The molecule has 18 heavy (non-hydrogen) atoms. The van der Waals surface area contributed by atoms with Gasteiger partial charge in [-0.25, -0.2) is 4.79 Å². The van der Waals surface area contributed by atoms with Crippen molar-refractivity contribution in [3.8, 4) is 0 Å². The number of carbonyl (C=O) groups is 1. The lowest BCUT2D eigenvalue weighted by molar-refractivity contribution is 0.0607. The van der Waals surface area contributed by atoms with Gasteiger partial charge in [-0.05, 0) is 12.5 Å². The van der Waals surface area contributed by atoms with Crippen LogP contribution in [0, 0.1) is 0 Å². The Labute approximate surface area is 112 Å². The third kappa shape index (κ3) is 3.74. The quantitative estimate of drug-likeness (QED) is 0.855. The number of allylic oxidation sites excluding steroid dienone is 1. The van der Waals surface area contributed by atoms with Crippen LogP contribution in [-0.2, 0) is 4.74 Å². The average molecular weight is 267 g/mol. The van der Waals surface area contributed by atoms with E-state index in [1.165, 1.54) is 18.4 Å². The number of hydrogen-bond donors (Lipinski definition) is 1. The van der Waals surface area contributed by atoms with E-state index < -0.39 is 5.97 Å². The van der Waals surface area contributed by atoms with Crippen LogP contribution >= 0.6 is 11.3 Å². The molecule has 0 amide bonds. The molecule has 1 rings (SSSR count). The number of hydrogen-bond acceptors (Lipinski definition) is 4. The van der Waals surface area contributed by atoms with Gasteiger partial charge in [0, 0.05) is 9.75 Å². The lowest BCUT2D eigenvalue weighted by atomic mass is 10.2. The van der Waals surface area contributed by atoms with Crippen molar-refractivity contribution in [3.05, 3.63) is 27.3 Å². The fourth-order valence-corrected chi connectivity index (χ4v) is 2.44. The van der Waals surface area contributed by atoms with Gasteiger partial charge in [0.05, 0.1) is 12.8 Å². The van der Waals surface area contributed by atoms with Gasteiger partial charge in [-0.15, -0.1) is 11.3 Å². The summed E-state index contributed by atoms with van der Waals surface area (Å²) in [5.74, 6) is -0.392. The highest BCUT2D eigenvalue weighted by Crippen LogP contribution is 2.11. The van der Waals surface area contributed by atoms with Crippen LogP contribution in [0.25, 0.3) is 12.2 Å². The molecule has 0 bridgehead atoms. The number of esters is 1. The first-order valence-electron chi connectivity index (χ1n) is 5.95. The SMILES string of the molecule is C=C/C=c1/sc(C(=O)OC)c(N)/c1=C/CC.CC. The third-order valence-corrected chi connectivity index (χ3v) is 3.23. The number of ether oxygens (including phenoxy) is 1. The van der Waals surface area contributed by atoms with Crippen LogP contribution < -0.4 is 15.5 Å². The zero-order valence-electron chi connectivity index (χ0n) is 11.4. The minimum absolute atomic E-state index is 0.392. The minimum atomic E-state index is -0.392. The van der Waals surface area contributed by atoms with E-state index in [1.807, 2.05) is 32.9 Å². The van der Waals surface area contributed by atoms with Gasteiger partial charge in [0.2, 0.25) is 0 Å². The topological polar surface area (TPSA) is 52.3 Å². The zero-order valence-corrected chi connectivity index (χ0v) is 12.3. The Hall–Kier alpha value is -1.55. The van der Waals surface area contributed by atoms with Crippen LogP contribution in [0.2, 0.25) is 0 Å². The summed E-state index contributed by atoms with van der Waals surface area (Å²) in [6, 6.07) is 0. The predicted molar refractivity (Wildman–Crippen MR) is 80.1 cm³/mol. The molecule has 2 N–H and O–H groups in total. The van der Waals surface area contributed by atoms with Crippen LogP contribution in [-0.4, -0.2) is 13.1 Å². The number of anilines is 1. The van der Waals surface area contributed by atoms with Gasteiger partial charge >= 0.3 is 5.97 Å². The fraction of sp³-hybridized carbons (Fsp3) is 0.357. The molecule has 100 valence electrons. The van der Waals surface area contributed by atoms with E-state index in [0.29, 0.717) is 10.6 Å². The molecular weight excluding hydrogens is 246 g/mol. The number of nitrogens with two attached hydrogens (primary N) is 1. The molecule has 0 fully saturated rings. The molecule has 0 aliphatic carbocycles. The zero-order chi connectivity index (χ0) is 14.1. The number of thiophene rings is 1. The molecule has 0 saturated heterocycles. The largest absolute Gasteiger partial charge is 0.465 e. The number of methoxy groups -OCH3 is 1. The maximum Gasteiger partial charge on any atom is 0.350 e. The lowest BCUT2D eigenvalue weighted by Crippen LogP contribution is -2.21. The van der Waals surface area contributed by atoms with Gasteiger partial charge in [-0.3, -0.25) is 0 Å². The van der Waals surface area contributed by atoms with Crippen molar-refractivity contribution in [1.29, 1.82) is 0 Å². The van der Waals surface area contributed by atoms with Gasteiger partial charge in [0.1, 0.15) is 4.88 Å². The molecule has 0 radical (unpaired) electrons. The third-order valence-electron chi connectivity index (χ3n) is 2.06. The van der Waals surface area contributed by atoms with E-state index in [4.69, 9.17) is 5.73 Å². The van der Waals surface area contributed by atoms with E-state index in [0.717, 1.165) is 16.2 Å². The normalized spacial score (nSPS) is 11.8. The van der Waals surface area contributed by atoms with E-state index in [-0.39, 0.29) is 0 Å². The van der Waals surface area contributed by atoms with Crippen LogP contribution in [0.4, 0.5) is 5.69 Å². The molecule has 0 aliphatic rings. The molecule has 0 unspecified atom stereocenters. The first-order chi connectivity index (χ1) is 8.65. The summed E-state index contributed by atoms with van der Waals surface area (Å²) in [5, 5.41) is 0.896. The van der Waals surface area contributed by atoms with Gasteiger partial charge < -0.3 is 10.5 Å². The van der Waals surface area contributed by atoms with Gasteiger partial charge in [0.25, 0.3) is 0 Å². The summed E-state index contributed by atoms with van der Waals surface area (Å²) in [6.07, 6.45) is 6.38. The average Bonchev–Trinajstić information content (AvgIpc) is 2.70. The molecule has 4 heteroatoms. The lowest BCUT2D eigenvalue weighted by Gasteiger charge is -1.95. The molecular formula is C14H21NO2S. The van der Waals surface area contributed by atoms with Crippen LogP contribution in [0.5, 0.6) is 0 Å². The van der Waals surface area contributed by atoms with Crippen molar-refractivity contribution < 1.29 is 9.53 Å². The van der Waals surface area contributed by atoms with E-state index in [2.05, 4.69) is 11.3 Å². The Kier molecular flexibility index (Phi) is 7.79. The van der Waals surface area contributed by atoms with Crippen molar-refractivity contribution in [1.82, 2.24) is 0 Å². The Morgan fingerprint density at radius 1 is 1.50 bits per heavy atom. The molecule has 0 atom stereocenters. The van der Waals surface area contributed by atoms with Gasteiger partial charge in [0.15, 0.2) is 0 Å². The minimum Gasteiger partial charge on any atom is -0.465 e. The molecule has 0 aromatic carbocycles. The summed E-state index contributed by atoms with van der Waals surface area (Å²) in [6.45, 7) is 9.66. The fourth-order valence-electron chi connectivity index (χ4n) is 1.36. The molecule has 0 aliphatic heterocycles. The maximum atomic E-state index is 11.5. The van der Waals surface area contributed by atoms with Crippen molar-refractivity contribution in [2.45, 2.75) is 27.2 Å². The Morgan fingerprint density at radius 3 is 2.56 bits per heavy atom. The summed E-state index contributed by atoms with van der Waals surface area (Å²) >= 11 is 1.33. The summed E-state index contributed by atoms with van der Waals surface area (Å²) < 4.78 is 5.62. The van der Waals surface area contributed by atoms with Crippen LogP contribution in [0.3, 0.4) is 0 Å². The number of rotatable bonds is 3. The van der Waals surface area contributed by atoms with Crippen molar-refractivity contribution >= 4 is 35.1 Å². The van der Waals surface area contributed by atoms with Crippen molar-refractivity contribution in [2.75, 3.05) is 12.8 Å². The molecule has 1 aromatic heterocycles. The molecule has 3 nitrogen and oxygen atoms in total. The molecule has 1 heterocycles. The maximum absolute atomic E-state index is 11.5. The first-order valence-corrected chi connectivity index (χ1v) is 6.76. The number of carbonyl (C=O) groups excluding carboxylic acids is 1. The summed E-state index contributed by atoms with van der Waals surface area (Å²) in [7, 11) is 1.35. The number of nitrogen functional groups attached to an aromatic ring is 1. The summed E-state index contributed by atoms with van der Waals surface area (Å²) in [4.78, 5) is 11.9. The highest BCUT2D eigenvalue weighted by Gasteiger charge is 2.14. The van der Waals surface area contributed by atoms with Crippen molar-refractivity contribution in [3.63, 3.8) is 0 Å². The van der Waals surface area contributed by atoms with Crippen molar-refractivity contribution in [2.24, 2.45) is 0 Å². The van der Waals surface area contributed by atoms with E-state index >= 15 is 0 Å². The van der Waals surface area contributed by atoms with E-state index in [1.54, 1.807) is 6.08 Å². The first kappa shape index (κ1) is 16.4. The molecule has 0 saturated carbocycles. The Morgan fingerprint density at radius 2 is 2.11 bits per heavy atom.